The molecule has 5 heteroatoms. The molecule has 4 rings (SSSR count). The fraction of sp³-hybridized carbons (Fsp3) is 0.0455. The van der Waals surface area contributed by atoms with Crippen molar-refractivity contribution in [2.75, 3.05) is 5.32 Å². The van der Waals surface area contributed by atoms with E-state index >= 15 is 0 Å². The molecule has 0 saturated carbocycles. The van der Waals surface area contributed by atoms with Gasteiger partial charge >= 0.3 is 0 Å². The predicted octanol–water partition coefficient (Wildman–Crippen LogP) is 4.97. The molecule has 1 amide bonds. The van der Waals surface area contributed by atoms with Crippen LogP contribution < -0.4 is 10.1 Å². The number of benzene rings is 3. The Balaban J connectivity index is 1.65. The number of para-hydroxylation sites is 2. The molecule has 1 aromatic heterocycles. The number of fused-ring (bicyclic) bond motifs is 1. The monoisotopic (exact) mass is 359 g/mol. The Morgan fingerprint density at radius 3 is 2.56 bits per heavy atom. The smallest absolute Gasteiger partial charge is 0.291 e. The summed E-state index contributed by atoms with van der Waals surface area (Å²) < 4.78 is 11.6. The first kappa shape index (κ1) is 16.7. The molecule has 3 aromatic carbocycles. The standard InChI is InChI=1S/C22H17NO4/c24-16-8-6-7-15(13-16)23-22(25)21-19(14-26-17-9-2-1-3-10-17)18-11-4-5-12-20(18)27-21/h1-13,24H,14H2,(H,23,25). The number of hydrogen-bond donors (Lipinski definition) is 2. The quantitative estimate of drug-likeness (QED) is 0.528. The number of nitrogens with one attached hydrogen (secondary N) is 1. The Bertz CT molecular complexity index is 1090. The average Bonchev–Trinajstić information content (AvgIpc) is 3.06. The fourth-order valence-electron chi connectivity index (χ4n) is 2.87. The van der Waals surface area contributed by atoms with Crippen molar-refractivity contribution in [2.24, 2.45) is 0 Å². The summed E-state index contributed by atoms with van der Waals surface area (Å²) in [6.45, 7) is 0.198. The van der Waals surface area contributed by atoms with Crippen LogP contribution in [0.1, 0.15) is 16.1 Å². The van der Waals surface area contributed by atoms with Crippen molar-refractivity contribution in [3.63, 3.8) is 0 Å². The van der Waals surface area contributed by atoms with Crippen LogP contribution >= 0.6 is 0 Å². The third-order valence-electron chi connectivity index (χ3n) is 4.13. The van der Waals surface area contributed by atoms with Crippen molar-refractivity contribution in [3.8, 4) is 11.5 Å². The Morgan fingerprint density at radius 1 is 0.963 bits per heavy atom. The summed E-state index contributed by atoms with van der Waals surface area (Å²) in [5.41, 5.74) is 1.77. The number of ether oxygens (including phenoxy) is 1. The number of rotatable bonds is 5. The number of carbonyl (C=O) groups excluding carboxylic acids is 1. The summed E-state index contributed by atoms with van der Waals surface area (Å²) in [5.74, 6) is 0.575. The molecule has 0 fully saturated rings. The maximum atomic E-state index is 12.8. The van der Waals surface area contributed by atoms with E-state index in [0.29, 0.717) is 22.6 Å². The van der Waals surface area contributed by atoms with Crippen LogP contribution in [-0.2, 0) is 6.61 Å². The van der Waals surface area contributed by atoms with E-state index in [-0.39, 0.29) is 18.1 Å². The van der Waals surface area contributed by atoms with Gasteiger partial charge in [0.25, 0.3) is 5.91 Å². The van der Waals surface area contributed by atoms with Gasteiger partial charge in [-0.2, -0.15) is 0 Å². The van der Waals surface area contributed by atoms with Gasteiger partial charge in [-0.05, 0) is 30.3 Å². The Morgan fingerprint density at radius 2 is 1.74 bits per heavy atom. The van der Waals surface area contributed by atoms with E-state index in [9.17, 15) is 9.90 Å². The third-order valence-corrected chi connectivity index (χ3v) is 4.13. The molecular formula is C22H17NO4. The topological polar surface area (TPSA) is 71.7 Å². The van der Waals surface area contributed by atoms with Gasteiger partial charge in [0, 0.05) is 22.7 Å². The average molecular weight is 359 g/mol. The minimum absolute atomic E-state index is 0.0741. The predicted molar refractivity (Wildman–Crippen MR) is 103 cm³/mol. The molecule has 0 saturated heterocycles. The van der Waals surface area contributed by atoms with Crippen LogP contribution in [0.2, 0.25) is 0 Å². The molecule has 0 unspecified atom stereocenters. The minimum atomic E-state index is -0.400. The largest absolute Gasteiger partial charge is 0.508 e. The Hall–Kier alpha value is -3.73. The third kappa shape index (κ3) is 3.62. The van der Waals surface area contributed by atoms with E-state index in [1.807, 2.05) is 54.6 Å². The normalized spacial score (nSPS) is 10.7. The van der Waals surface area contributed by atoms with Crippen LogP contribution in [0.15, 0.2) is 83.3 Å². The van der Waals surface area contributed by atoms with E-state index in [0.717, 1.165) is 5.39 Å². The molecule has 0 radical (unpaired) electrons. The summed E-state index contributed by atoms with van der Waals surface area (Å²) in [7, 11) is 0. The van der Waals surface area contributed by atoms with Gasteiger partial charge in [-0.25, -0.2) is 0 Å². The molecule has 1 heterocycles. The number of phenolic OH excluding ortho intramolecular Hbond substituents is 1. The Kier molecular flexibility index (Phi) is 4.49. The number of furan rings is 1. The molecule has 0 bridgehead atoms. The summed E-state index contributed by atoms with van der Waals surface area (Å²) in [6.07, 6.45) is 0. The van der Waals surface area contributed by atoms with Crippen molar-refractivity contribution < 1.29 is 19.1 Å². The van der Waals surface area contributed by atoms with Crippen LogP contribution in [0.5, 0.6) is 11.5 Å². The number of anilines is 1. The zero-order valence-electron chi connectivity index (χ0n) is 14.4. The summed E-state index contributed by atoms with van der Waals surface area (Å²) >= 11 is 0. The van der Waals surface area contributed by atoms with E-state index in [1.54, 1.807) is 12.1 Å². The molecule has 0 spiro atoms. The molecule has 134 valence electrons. The zero-order chi connectivity index (χ0) is 18.6. The molecule has 5 nitrogen and oxygen atoms in total. The highest BCUT2D eigenvalue weighted by Crippen LogP contribution is 2.28. The number of aromatic hydroxyl groups is 1. The molecule has 27 heavy (non-hydrogen) atoms. The van der Waals surface area contributed by atoms with Gasteiger partial charge in [0.05, 0.1) is 0 Å². The van der Waals surface area contributed by atoms with Crippen LogP contribution in [0.25, 0.3) is 11.0 Å². The number of amides is 1. The lowest BCUT2D eigenvalue weighted by Gasteiger charge is -2.08. The van der Waals surface area contributed by atoms with E-state index < -0.39 is 5.91 Å². The van der Waals surface area contributed by atoms with Crippen molar-refractivity contribution in [1.82, 2.24) is 0 Å². The second-order valence-electron chi connectivity index (χ2n) is 6.01. The van der Waals surface area contributed by atoms with Crippen LogP contribution in [0.4, 0.5) is 5.69 Å². The maximum Gasteiger partial charge on any atom is 0.291 e. The van der Waals surface area contributed by atoms with Gasteiger partial charge < -0.3 is 19.6 Å². The number of phenols is 1. The highest BCUT2D eigenvalue weighted by Gasteiger charge is 2.21. The molecule has 0 aliphatic carbocycles. The van der Waals surface area contributed by atoms with Gasteiger partial charge in [-0.15, -0.1) is 0 Å². The van der Waals surface area contributed by atoms with E-state index in [2.05, 4.69) is 5.32 Å². The highest BCUT2D eigenvalue weighted by atomic mass is 16.5. The number of hydrogen-bond acceptors (Lipinski definition) is 4. The first-order valence-electron chi connectivity index (χ1n) is 8.49. The van der Waals surface area contributed by atoms with E-state index in [1.165, 1.54) is 12.1 Å². The molecular weight excluding hydrogens is 342 g/mol. The second kappa shape index (κ2) is 7.25. The summed E-state index contributed by atoms with van der Waals surface area (Å²) in [4.78, 5) is 12.8. The van der Waals surface area contributed by atoms with E-state index in [4.69, 9.17) is 9.15 Å². The molecule has 2 N–H and O–H groups in total. The first-order valence-corrected chi connectivity index (χ1v) is 8.49. The van der Waals surface area contributed by atoms with Crippen LogP contribution in [0.3, 0.4) is 0 Å². The van der Waals surface area contributed by atoms with Gasteiger partial charge in [-0.3, -0.25) is 4.79 Å². The van der Waals surface area contributed by atoms with Gasteiger partial charge in [-0.1, -0.05) is 42.5 Å². The molecule has 0 atom stereocenters. The Labute approximate surface area is 155 Å². The van der Waals surface area contributed by atoms with Gasteiger partial charge in [0.15, 0.2) is 5.76 Å². The zero-order valence-corrected chi connectivity index (χ0v) is 14.4. The highest BCUT2D eigenvalue weighted by molar-refractivity contribution is 6.06. The van der Waals surface area contributed by atoms with Crippen LogP contribution in [-0.4, -0.2) is 11.0 Å². The molecule has 4 aromatic rings. The first-order chi connectivity index (χ1) is 13.2. The van der Waals surface area contributed by atoms with Crippen LogP contribution in [0, 0.1) is 0 Å². The SMILES string of the molecule is O=C(Nc1cccc(O)c1)c1oc2ccccc2c1COc1ccccc1. The lowest BCUT2D eigenvalue weighted by molar-refractivity contribution is 0.0995. The van der Waals surface area contributed by atoms with Crippen molar-refractivity contribution in [2.45, 2.75) is 6.61 Å². The van der Waals surface area contributed by atoms with Crippen molar-refractivity contribution >= 4 is 22.6 Å². The maximum absolute atomic E-state index is 12.8. The van der Waals surface area contributed by atoms with Gasteiger partial charge in [0.1, 0.15) is 23.7 Å². The molecule has 0 aliphatic rings. The van der Waals surface area contributed by atoms with Crippen molar-refractivity contribution in [3.05, 3.63) is 90.2 Å². The fourth-order valence-corrected chi connectivity index (χ4v) is 2.87. The lowest BCUT2D eigenvalue weighted by atomic mass is 10.1. The summed E-state index contributed by atoms with van der Waals surface area (Å²) in [6, 6.07) is 23.2. The summed E-state index contributed by atoms with van der Waals surface area (Å²) in [5, 5.41) is 13.2. The van der Waals surface area contributed by atoms with Gasteiger partial charge in [0.2, 0.25) is 0 Å². The molecule has 0 aliphatic heterocycles. The lowest BCUT2D eigenvalue weighted by Crippen LogP contribution is -2.13. The number of carbonyl (C=O) groups is 1. The minimum Gasteiger partial charge on any atom is -0.508 e. The van der Waals surface area contributed by atoms with Crippen molar-refractivity contribution in [1.29, 1.82) is 0 Å². The second-order valence-corrected chi connectivity index (χ2v) is 6.01.